The van der Waals surface area contributed by atoms with Crippen LogP contribution in [0.1, 0.15) is 53.9 Å². The van der Waals surface area contributed by atoms with E-state index in [1.54, 1.807) is 0 Å². The van der Waals surface area contributed by atoms with Gasteiger partial charge < -0.3 is 10.2 Å². The van der Waals surface area contributed by atoms with Crippen LogP contribution in [0.4, 0.5) is 0 Å². The summed E-state index contributed by atoms with van der Waals surface area (Å²) in [7, 11) is 0. The first-order valence-corrected chi connectivity index (χ1v) is 7.44. The van der Waals surface area contributed by atoms with Gasteiger partial charge >= 0.3 is 0 Å². The molecule has 0 aromatic heterocycles. The van der Waals surface area contributed by atoms with Crippen LogP contribution in [-0.4, -0.2) is 37.1 Å². The average Bonchev–Trinajstić information content (AvgIpc) is 2.63. The van der Waals surface area contributed by atoms with Crippen LogP contribution in [0.3, 0.4) is 0 Å². The molecule has 1 rings (SSSR count). The normalized spacial score (nSPS) is 23.8. The van der Waals surface area contributed by atoms with Gasteiger partial charge in [-0.1, -0.05) is 41.0 Å². The zero-order chi connectivity index (χ0) is 12.9. The van der Waals surface area contributed by atoms with Gasteiger partial charge in [-0.2, -0.15) is 0 Å². The number of hydrogen-bond acceptors (Lipinski definition) is 2. The Balaban J connectivity index is 2.43. The lowest BCUT2D eigenvalue weighted by atomic mass is 9.93. The second-order valence-corrected chi connectivity index (χ2v) is 6.60. The van der Waals surface area contributed by atoms with Crippen LogP contribution in [0.25, 0.3) is 0 Å². The number of rotatable bonds is 7. The molecule has 0 amide bonds. The standard InChI is InChI=1S/C15H32N2/c1-6-9-16-14(13(3)7-2)11-17-10-8-15(4,5)12-17/h13-14,16H,6-12H2,1-5H3. The Hall–Kier alpha value is -0.0800. The first-order chi connectivity index (χ1) is 7.98. The molecule has 1 N–H and O–H groups in total. The van der Waals surface area contributed by atoms with Crippen LogP contribution in [-0.2, 0) is 0 Å². The Kier molecular flexibility index (Phi) is 5.94. The Morgan fingerprint density at radius 1 is 1.29 bits per heavy atom. The zero-order valence-corrected chi connectivity index (χ0v) is 12.6. The van der Waals surface area contributed by atoms with Crippen molar-refractivity contribution in [1.29, 1.82) is 0 Å². The Labute approximate surface area is 108 Å². The van der Waals surface area contributed by atoms with E-state index in [-0.39, 0.29) is 0 Å². The lowest BCUT2D eigenvalue weighted by Crippen LogP contribution is -2.44. The molecule has 2 unspecified atom stereocenters. The van der Waals surface area contributed by atoms with Gasteiger partial charge in [0.25, 0.3) is 0 Å². The molecular formula is C15H32N2. The number of nitrogens with one attached hydrogen (secondary N) is 1. The molecule has 17 heavy (non-hydrogen) atoms. The Morgan fingerprint density at radius 2 is 2.00 bits per heavy atom. The summed E-state index contributed by atoms with van der Waals surface area (Å²) in [5.74, 6) is 0.783. The predicted octanol–water partition coefficient (Wildman–Crippen LogP) is 3.13. The molecule has 1 saturated heterocycles. The summed E-state index contributed by atoms with van der Waals surface area (Å²) in [5, 5.41) is 3.73. The molecule has 2 atom stereocenters. The van der Waals surface area contributed by atoms with Crippen molar-refractivity contribution in [2.45, 2.75) is 59.9 Å². The molecule has 1 aliphatic rings. The monoisotopic (exact) mass is 240 g/mol. The highest BCUT2D eigenvalue weighted by Crippen LogP contribution is 2.29. The fraction of sp³-hybridized carbons (Fsp3) is 1.00. The van der Waals surface area contributed by atoms with Crippen LogP contribution >= 0.6 is 0 Å². The van der Waals surface area contributed by atoms with Crippen LogP contribution in [0.5, 0.6) is 0 Å². The molecule has 1 heterocycles. The first-order valence-electron chi connectivity index (χ1n) is 7.44. The summed E-state index contributed by atoms with van der Waals surface area (Å²) in [5.41, 5.74) is 0.532. The van der Waals surface area contributed by atoms with Gasteiger partial charge in [0.2, 0.25) is 0 Å². The topological polar surface area (TPSA) is 15.3 Å². The van der Waals surface area contributed by atoms with Gasteiger partial charge in [-0.15, -0.1) is 0 Å². The lowest BCUT2D eigenvalue weighted by Gasteiger charge is -2.29. The van der Waals surface area contributed by atoms with Crippen molar-refractivity contribution in [2.75, 3.05) is 26.2 Å². The summed E-state index contributed by atoms with van der Waals surface area (Å²) < 4.78 is 0. The van der Waals surface area contributed by atoms with Crippen LogP contribution in [0.2, 0.25) is 0 Å². The zero-order valence-electron chi connectivity index (χ0n) is 12.6. The van der Waals surface area contributed by atoms with Crippen LogP contribution in [0, 0.1) is 11.3 Å². The molecule has 0 aromatic rings. The van der Waals surface area contributed by atoms with Crippen molar-refractivity contribution in [1.82, 2.24) is 10.2 Å². The number of hydrogen-bond donors (Lipinski definition) is 1. The van der Waals surface area contributed by atoms with Crippen molar-refractivity contribution in [3.63, 3.8) is 0 Å². The van der Waals surface area contributed by atoms with Gasteiger partial charge in [-0.3, -0.25) is 0 Å². The molecule has 0 bridgehead atoms. The maximum absolute atomic E-state index is 3.73. The smallest absolute Gasteiger partial charge is 0.0220 e. The van der Waals surface area contributed by atoms with Crippen LogP contribution < -0.4 is 5.32 Å². The van der Waals surface area contributed by atoms with E-state index in [2.05, 4.69) is 44.8 Å². The minimum Gasteiger partial charge on any atom is -0.312 e. The second-order valence-electron chi connectivity index (χ2n) is 6.60. The molecule has 1 fully saturated rings. The summed E-state index contributed by atoms with van der Waals surface area (Å²) in [6.45, 7) is 16.7. The minimum atomic E-state index is 0.532. The maximum atomic E-state index is 3.73. The molecule has 2 nitrogen and oxygen atoms in total. The molecule has 102 valence electrons. The number of nitrogens with zero attached hydrogens (tertiary/aromatic N) is 1. The van der Waals surface area contributed by atoms with Crippen LogP contribution in [0.15, 0.2) is 0 Å². The third-order valence-corrected chi connectivity index (χ3v) is 4.20. The van der Waals surface area contributed by atoms with E-state index >= 15 is 0 Å². The van der Waals surface area contributed by atoms with Crippen molar-refractivity contribution < 1.29 is 0 Å². The summed E-state index contributed by atoms with van der Waals surface area (Å²) >= 11 is 0. The predicted molar refractivity (Wildman–Crippen MR) is 76.4 cm³/mol. The Morgan fingerprint density at radius 3 is 2.47 bits per heavy atom. The first kappa shape index (κ1) is 15.0. The molecule has 0 aliphatic carbocycles. The maximum Gasteiger partial charge on any atom is 0.0220 e. The van der Waals surface area contributed by atoms with Gasteiger partial charge in [0.05, 0.1) is 0 Å². The molecule has 0 spiro atoms. The third kappa shape index (κ3) is 4.97. The number of likely N-dealkylation sites (tertiary alicyclic amines) is 1. The van der Waals surface area contributed by atoms with E-state index in [1.807, 2.05) is 0 Å². The van der Waals surface area contributed by atoms with E-state index < -0.39 is 0 Å². The summed E-state index contributed by atoms with van der Waals surface area (Å²) in [6.07, 6.45) is 3.87. The minimum absolute atomic E-state index is 0.532. The summed E-state index contributed by atoms with van der Waals surface area (Å²) in [4.78, 5) is 2.65. The quantitative estimate of drug-likeness (QED) is 0.735. The van der Waals surface area contributed by atoms with E-state index in [0.29, 0.717) is 11.5 Å². The van der Waals surface area contributed by atoms with Crippen molar-refractivity contribution in [3.05, 3.63) is 0 Å². The van der Waals surface area contributed by atoms with Gasteiger partial charge in [0.15, 0.2) is 0 Å². The lowest BCUT2D eigenvalue weighted by molar-refractivity contribution is 0.226. The van der Waals surface area contributed by atoms with Crippen molar-refractivity contribution in [3.8, 4) is 0 Å². The fourth-order valence-corrected chi connectivity index (χ4v) is 2.72. The van der Waals surface area contributed by atoms with Gasteiger partial charge in [-0.25, -0.2) is 0 Å². The molecule has 0 aromatic carbocycles. The molecule has 2 heteroatoms. The van der Waals surface area contributed by atoms with Gasteiger partial charge in [0.1, 0.15) is 0 Å². The van der Waals surface area contributed by atoms with E-state index in [0.717, 1.165) is 12.5 Å². The molecule has 0 saturated carbocycles. The SMILES string of the molecule is CCCNC(CN1CCC(C)(C)C1)C(C)CC. The third-order valence-electron chi connectivity index (χ3n) is 4.20. The van der Waals surface area contributed by atoms with Gasteiger partial charge in [-0.05, 0) is 37.3 Å². The van der Waals surface area contributed by atoms with Crippen molar-refractivity contribution >= 4 is 0 Å². The van der Waals surface area contributed by atoms with Gasteiger partial charge in [0, 0.05) is 19.1 Å². The molecule has 0 radical (unpaired) electrons. The second kappa shape index (κ2) is 6.75. The molecule has 1 aliphatic heterocycles. The fourth-order valence-electron chi connectivity index (χ4n) is 2.72. The Bertz CT molecular complexity index is 213. The van der Waals surface area contributed by atoms with E-state index in [4.69, 9.17) is 0 Å². The van der Waals surface area contributed by atoms with Crippen molar-refractivity contribution in [2.24, 2.45) is 11.3 Å². The summed E-state index contributed by atoms with van der Waals surface area (Å²) in [6, 6.07) is 0.675. The average molecular weight is 240 g/mol. The van der Waals surface area contributed by atoms with E-state index in [9.17, 15) is 0 Å². The highest BCUT2D eigenvalue weighted by molar-refractivity contribution is 4.86. The molecular weight excluding hydrogens is 208 g/mol. The largest absolute Gasteiger partial charge is 0.312 e. The highest BCUT2D eigenvalue weighted by Gasteiger charge is 2.30. The van der Waals surface area contributed by atoms with E-state index in [1.165, 1.54) is 38.9 Å². The highest BCUT2D eigenvalue weighted by atomic mass is 15.2.